The molecule has 0 atom stereocenters. The Morgan fingerprint density at radius 2 is 2.06 bits per heavy atom. The molecule has 1 rings (SSSR count). The number of nitrogens with zero attached hydrogens (tertiary/aromatic N) is 2. The molecule has 1 aromatic rings. The number of carboxylic acid groups (broad SMARTS) is 1. The van der Waals surface area contributed by atoms with Gasteiger partial charge < -0.3 is 14.5 Å². The zero-order valence-corrected chi connectivity index (χ0v) is 8.72. The van der Waals surface area contributed by atoms with Crippen molar-refractivity contribution in [3.8, 4) is 0 Å². The third kappa shape index (κ3) is 2.08. The third-order valence-corrected chi connectivity index (χ3v) is 2.14. The molecule has 0 radical (unpaired) electrons. The molecule has 1 aromatic heterocycles. The maximum atomic E-state index is 11.6. The minimum Gasteiger partial charge on any atom is -0.548 e. The van der Waals surface area contributed by atoms with Crippen molar-refractivity contribution in [2.75, 3.05) is 0 Å². The van der Waals surface area contributed by atoms with Crippen molar-refractivity contribution < 1.29 is 14.8 Å². The molecule has 86 valence electrons. The predicted octanol–water partition coefficient (Wildman–Crippen LogP) is -0.877. The first-order chi connectivity index (χ1) is 7.34. The number of aliphatic carboxylic acids is 1. The molecule has 0 fully saturated rings. The van der Waals surface area contributed by atoms with Gasteiger partial charge in [-0.3, -0.25) is 14.9 Å². The van der Waals surface area contributed by atoms with Gasteiger partial charge in [-0.05, 0) is 19.9 Å². The van der Waals surface area contributed by atoms with Crippen molar-refractivity contribution in [3.63, 3.8) is 0 Å². The van der Waals surface area contributed by atoms with Crippen LogP contribution >= 0.6 is 0 Å². The Balaban J connectivity index is 3.51. The van der Waals surface area contributed by atoms with Gasteiger partial charge in [0.25, 0.3) is 0 Å². The summed E-state index contributed by atoms with van der Waals surface area (Å²) in [5.74, 6) is -1.47. The summed E-state index contributed by atoms with van der Waals surface area (Å²) in [7, 11) is 0. The Bertz CT molecular complexity index is 517. The van der Waals surface area contributed by atoms with Crippen LogP contribution in [0.2, 0.25) is 0 Å². The number of hydrogen-bond donors (Lipinski definition) is 0. The minimum atomic E-state index is -1.47. The first-order valence-corrected chi connectivity index (χ1v) is 4.40. The second-order valence-electron chi connectivity index (χ2n) is 3.34. The summed E-state index contributed by atoms with van der Waals surface area (Å²) in [6, 6.07) is 1.39. The molecule has 0 aliphatic rings. The molecule has 0 aliphatic carbocycles. The first-order valence-electron chi connectivity index (χ1n) is 4.40. The summed E-state index contributed by atoms with van der Waals surface area (Å²) in [5.41, 5.74) is -0.974. The van der Waals surface area contributed by atoms with Gasteiger partial charge in [0.1, 0.15) is 0 Å². The van der Waals surface area contributed by atoms with E-state index in [9.17, 15) is 24.8 Å². The third-order valence-electron chi connectivity index (χ3n) is 2.14. The fraction of sp³-hybridized carbons (Fsp3) is 0.333. The average molecular weight is 225 g/mol. The second kappa shape index (κ2) is 4.13. The molecule has 0 N–H and O–H groups in total. The summed E-state index contributed by atoms with van der Waals surface area (Å²) in [5, 5.41) is 21.0. The number of aromatic nitrogens is 1. The fourth-order valence-electron chi connectivity index (χ4n) is 1.46. The highest BCUT2D eigenvalue weighted by molar-refractivity contribution is 5.64. The highest BCUT2D eigenvalue weighted by Gasteiger charge is 2.19. The zero-order chi connectivity index (χ0) is 12.5. The average Bonchev–Trinajstić information content (AvgIpc) is 2.10. The molecule has 1 heterocycles. The van der Waals surface area contributed by atoms with E-state index in [0.717, 1.165) is 4.57 Å². The molecule has 0 aromatic carbocycles. The SMILES string of the molecule is Cc1cc(C)n(CC(=O)[O-])c(=O)c1[N+](=O)[O-]. The highest BCUT2D eigenvalue weighted by atomic mass is 16.6. The van der Waals surface area contributed by atoms with Gasteiger partial charge in [-0.25, -0.2) is 0 Å². The van der Waals surface area contributed by atoms with E-state index in [-0.39, 0.29) is 5.56 Å². The number of carbonyl (C=O) groups is 1. The molecule has 0 unspecified atom stereocenters. The Labute approximate surface area is 90.1 Å². The summed E-state index contributed by atoms with van der Waals surface area (Å²) < 4.78 is 0.806. The first kappa shape index (κ1) is 11.9. The molecule has 0 spiro atoms. The van der Waals surface area contributed by atoms with Crippen molar-refractivity contribution in [2.24, 2.45) is 0 Å². The number of pyridine rings is 1. The van der Waals surface area contributed by atoms with Crippen LogP contribution in [0.4, 0.5) is 5.69 Å². The predicted molar refractivity (Wildman–Crippen MR) is 51.8 cm³/mol. The number of aryl methyl sites for hydroxylation is 2. The normalized spacial score (nSPS) is 10.1. The number of rotatable bonds is 3. The molecule has 0 bridgehead atoms. The summed E-state index contributed by atoms with van der Waals surface area (Å²) in [6.07, 6.45) is 0. The molecule has 0 saturated carbocycles. The maximum Gasteiger partial charge on any atom is 0.336 e. The van der Waals surface area contributed by atoms with Crippen LogP contribution in [0.1, 0.15) is 11.3 Å². The quantitative estimate of drug-likeness (QED) is 0.490. The molecule has 0 aliphatic heterocycles. The van der Waals surface area contributed by atoms with E-state index in [2.05, 4.69) is 0 Å². The number of carbonyl (C=O) groups excluding carboxylic acids is 1. The van der Waals surface area contributed by atoms with Crippen LogP contribution in [0.5, 0.6) is 0 Å². The van der Waals surface area contributed by atoms with Gasteiger partial charge in [0.05, 0.1) is 17.4 Å². The van der Waals surface area contributed by atoms with Crippen LogP contribution < -0.4 is 10.7 Å². The zero-order valence-electron chi connectivity index (χ0n) is 8.72. The number of carboxylic acids is 1. The van der Waals surface area contributed by atoms with Gasteiger partial charge in [-0.15, -0.1) is 0 Å². The lowest BCUT2D eigenvalue weighted by molar-refractivity contribution is -0.387. The molecular weight excluding hydrogens is 216 g/mol. The minimum absolute atomic E-state index is 0.210. The van der Waals surface area contributed by atoms with Crippen LogP contribution in [0.15, 0.2) is 10.9 Å². The van der Waals surface area contributed by atoms with E-state index in [1.54, 1.807) is 0 Å². The van der Waals surface area contributed by atoms with Crippen LogP contribution in [0.3, 0.4) is 0 Å². The molecule has 16 heavy (non-hydrogen) atoms. The lowest BCUT2D eigenvalue weighted by Crippen LogP contribution is -2.34. The van der Waals surface area contributed by atoms with Gasteiger partial charge in [0.15, 0.2) is 0 Å². The maximum absolute atomic E-state index is 11.6. The topological polar surface area (TPSA) is 105 Å². The van der Waals surface area contributed by atoms with Crippen LogP contribution in [0.25, 0.3) is 0 Å². The van der Waals surface area contributed by atoms with Gasteiger partial charge in [0.2, 0.25) is 0 Å². The van der Waals surface area contributed by atoms with Gasteiger partial charge in [0, 0.05) is 11.3 Å². The summed E-state index contributed by atoms with van der Waals surface area (Å²) in [6.45, 7) is 2.24. The van der Waals surface area contributed by atoms with Crippen molar-refractivity contribution in [2.45, 2.75) is 20.4 Å². The fourth-order valence-corrected chi connectivity index (χ4v) is 1.46. The molecular formula is C9H9N2O5-. The summed E-state index contributed by atoms with van der Waals surface area (Å²) in [4.78, 5) is 31.8. The van der Waals surface area contributed by atoms with Crippen molar-refractivity contribution in [3.05, 3.63) is 37.8 Å². The Hall–Kier alpha value is -2.18. The smallest absolute Gasteiger partial charge is 0.336 e. The van der Waals surface area contributed by atoms with E-state index < -0.39 is 28.7 Å². The van der Waals surface area contributed by atoms with Gasteiger partial charge in [-0.2, -0.15) is 0 Å². The Morgan fingerprint density at radius 1 is 1.50 bits per heavy atom. The lowest BCUT2D eigenvalue weighted by Gasteiger charge is -2.11. The van der Waals surface area contributed by atoms with E-state index in [0.29, 0.717) is 5.69 Å². The summed E-state index contributed by atoms with van der Waals surface area (Å²) >= 11 is 0. The van der Waals surface area contributed by atoms with Crippen molar-refractivity contribution in [1.29, 1.82) is 0 Å². The molecule has 7 nitrogen and oxygen atoms in total. The number of hydrogen-bond acceptors (Lipinski definition) is 5. The number of nitro groups is 1. The van der Waals surface area contributed by atoms with Crippen LogP contribution in [0, 0.1) is 24.0 Å². The van der Waals surface area contributed by atoms with Crippen LogP contribution in [-0.2, 0) is 11.3 Å². The molecule has 0 amide bonds. The van der Waals surface area contributed by atoms with Gasteiger partial charge >= 0.3 is 11.2 Å². The monoisotopic (exact) mass is 225 g/mol. The lowest BCUT2D eigenvalue weighted by atomic mass is 10.2. The second-order valence-corrected chi connectivity index (χ2v) is 3.34. The van der Waals surface area contributed by atoms with E-state index in [1.165, 1.54) is 19.9 Å². The van der Waals surface area contributed by atoms with Gasteiger partial charge in [-0.1, -0.05) is 0 Å². The largest absolute Gasteiger partial charge is 0.548 e. The van der Waals surface area contributed by atoms with E-state index in [1.807, 2.05) is 0 Å². The van der Waals surface area contributed by atoms with E-state index in [4.69, 9.17) is 0 Å². The molecule has 0 saturated heterocycles. The molecule has 7 heteroatoms. The van der Waals surface area contributed by atoms with Crippen molar-refractivity contribution in [1.82, 2.24) is 4.57 Å². The van der Waals surface area contributed by atoms with Crippen molar-refractivity contribution >= 4 is 11.7 Å². The Morgan fingerprint density at radius 3 is 2.50 bits per heavy atom. The van der Waals surface area contributed by atoms with E-state index >= 15 is 0 Å². The standard InChI is InChI=1S/C9H10N2O5/c1-5-3-6(2)10(4-7(12)13)9(14)8(5)11(15)16/h3H,4H2,1-2H3,(H,12,13)/p-1. The van der Waals surface area contributed by atoms with Crippen LogP contribution in [-0.4, -0.2) is 15.5 Å². The Kier molecular flexibility index (Phi) is 3.07. The highest BCUT2D eigenvalue weighted by Crippen LogP contribution is 2.13.